The van der Waals surface area contributed by atoms with Crippen molar-refractivity contribution in [1.29, 1.82) is 0 Å². The minimum absolute atomic E-state index is 0.0336. The molecule has 0 aromatic heterocycles. The summed E-state index contributed by atoms with van der Waals surface area (Å²) in [6, 6.07) is 5.53. The summed E-state index contributed by atoms with van der Waals surface area (Å²) in [6.45, 7) is 2.19. The maximum Gasteiger partial charge on any atom is 0.231 e. The third kappa shape index (κ3) is 2.92. The van der Waals surface area contributed by atoms with Gasteiger partial charge in [-0.2, -0.15) is 0 Å². The van der Waals surface area contributed by atoms with Gasteiger partial charge in [0.05, 0.1) is 6.04 Å². The SMILES string of the molecule is CC(NC(=O)CCCO)c1ccc2c(c1)OCO2. The fourth-order valence-electron chi connectivity index (χ4n) is 1.82. The minimum Gasteiger partial charge on any atom is -0.454 e. The molecule has 5 nitrogen and oxygen atoms in total. The molecule has 0 bridgehead atoms. The van der Waals surface area contributed by atoms with Gasteiger partial charge in [-0.25, -0.2) is 0 Å². The van der Waals surface area contributed by atoms with Crippen molar-refractivity contribution in [1.82, 2.24) is 5.32 Å². The van der Waals surface area contributed by atoms with E-state index in [9.17, 15) is 4.79 Å². The van der Waals surface area contributed by atoms with Crippen molar-refractivity contribution in [3.63, 3.8) is 0 Å². The Labute approximate surface area is 106 Å². The molecule has 1 aromatic rings. The highest BCUT2D eigenvalue weighted by Crippen LogP contribution is 2.34. The summed E-state index contributed by atoms with van der Waals surface area (Å²) in [5.74, 6) is 1.38. The second kappa shape index (κ2) is 5.73. The Morgan fingerprint density at radius 2 is 2.22 bits per heavy atom. The van der Waals surface area contributed by atoms with E-state index in [1.165, 1.54) is 0 Å². The van der Waals surface area contributed by atoms with Crippen LogP contribution in [0.15, 0.2) is 18.2 Å². The normalized spacial score (nSPS) is 14.3. The third-order valence-corrected chi connectivity index (χ3v) is 2.84. The molecule has 1 aliphatic heterocycles. The van der Waals surface area contributed by atoms with E-state index in [4.69, 9.17) is 14.6 Å². The van der Waals surface area contributed by atoms with Crippen LogP contribution in [0.1, 0.15) is 31.4 Å². The van der Waals surface area contributed by atoms with E-state index >= 15 is 0 Å². The number of aliphatic hydroxyl groups excluding tert-OH is 1. The van der Waals surface area contributed by atoms with E-state index in [1.807, 2.05) is 25.1 Å². The number of amides is 1. The van der Waals surface area contributed by atoms with E-state index in [2.05, 4.69) is 5.32 Å². The Hall–Kier alpha value is -1.75. The molecular formula is C13H17NO4. The van der Waals surface area contributed by atoms with Crippen LogP contribution < -0.4 is 14.8 Å². The summed E-state index contributed by atoms with van der Waals surface area (Å²) in [5.41, 5.74) is 0.969. The van der Waals surface area contributed by atoms with Gasteiger partial charge >= 0.3 is 0 Å². The molecule has 2 N–H and O–H groups in total. The molecule has 98 valence electrons. The van der Waals surface area contributed by atoms with Gasteiger partial charge in [-0.15, -0.1) is 0 Å². The molecule has 0 saturated heterocycles. The highest BCUT2D eigenvalue weighted by molar-refractivity contribution is 5.76. The maximum atomic E-state index is 11.5. The van der Waals surface area contributed by atoms with Crippen molar-refractivity contribution < 1.29 is 19.4 Å². The molecule has 0 saturated carbocycles. The second-order valence-electron chi connectivity index (χ2n) is 4.23. The topological polar surface area (TPSA) is 67.8 Å². The fourth-order valence-corrected chi connectivity index (χ4v) is 1.82. The smallest absolute Gasteiger partial charge is 0.231 e. The van der Waals surface area contributed by atoms with Gasteiger partial charge in [0, 0.05) is 13.0 Å². The first-order valence-electron chi connectivity index (χ1n) is 6.00. The summed E-state index contributed by atoms with van der Waals surface area (Å²) >= 11 is 0. The van der Waals surface area contributed by atoms with E-state index in [0.717, 1.165) is 11.3 Å². The van der Waals surface area contributed by atoms with Gasteiger partial charge in [-0.3, -0.25) is 4.79 Å². The van der Waals surface area contributed by atoms with Crippen molar-refractivity contribution >= 4 is 5.91 Å². The number of hydrogen-bond donors (Lipinski definition) is 2. The van der Waals surface area contributed by atoms with Gasteiger partial charge in [0.25, 0.3) is 0 Å². The molecule has 1 aliphatic rings. The predicted molar refractivity (Wildman–Crippen MR) is 65.4 cm³/mol. The number of rotatable bonds is 5. The lowest BCUT2D eigenvalue weighted by molar-refractivity contribution is -0.122. The number of nitrogens with one attached hydrogen (secondary N) is 1. The average Bonchev–Trinajstić information content (AvgIpc) is 2.83. The zero-order valence-electron chi connectivity index (χ0n) is 10.3. The van der Waals surface area contributed by atoms with Crippen LogP contribution in [0.4, 0.5) is 0 Å². The number of aliphatic hydroxyl groups is 1. The average molecular weight is 251 g/mol. The number of ether oxygens (including phenoxy) is 2. The summed E-state index contributed by atoms with van der Waals surface area (Å²) < 4.78 is 10.5. The van der Waals surface area contributed by atoms with Crippen LogP contribution >= 0.6 is 0 Å². The molecule has 1 atom stereocenters. The number of carbonyl (C=O) groups excluding carboxylic acids is 1. The summed E-state index contributed by atoms with van der Waals surface area (Å²) in [5, 5.41) is 11.5. The molecule has 0 fully saturated rings. The van der Waals surface area contributed by atoms with E-state index in [0.29, 0.717) is 18.6 Å². The molecule has 0 spiro atoms. The largest absolute Gasteiger partial charge is 0.454 e. The maximum absolute atomic E-state index is 11.5. The molecule has 1 aromatic carbocycles. The Morgan fingerprint density at radius 3 is 3.00 bits per heavy atom. The van der Waals surface area contributed by atoms with Gasteiger partial charge in [0.1, 0.15) is 0 Å². The molecule has 1 amide bonds. The highest BCUT2D eigenvalue weighted by Gasteiger charge is 2.16. The van der Waals surface area contributed by atoms with Crippen LogP contribution in [-0.2, 0) is 4.79 Å². The molecule has 1 unspecified atom stereocenters. The molecule has 18 heavy (non-hydrogen) atoms. The Kier molecular flexibility index (Phi) is 4.04. The van der Waals surface area contributed by atoms with Crippen LogP contribution in [0.5, 0.6) is 11.5 Å². The van der Waals surface area contributed by atoms with Crippen molar-refractivity contribution in [3.05, 3.63) is 23.8 Å². The number of carbonyl (C=O) groups is 1. The summed E-state index contributed by atoms with van der Waals surface area (Å²) in [6.07, 6.45) is 0.824. The zero-order valence-corrected chi connectivity index (χ0v) is 10.3. The molecular weight excluding hydrogens is 234 g/mol. The lowest BCUT2D eigenvalue weighted by atomic mass is 10.1. The van der Waals surface area contributed by atoms with Gasteiger partial charge in [-0.1, -0.05) is 6.07 Å². The highest BCUT2D eigenvalue weighted by atomic mass is 16.7. The number of fused-ring (bicyclic) bond motifs is 1. The third-order valence-electron chi connectivity index (χ3n) is 2.84. The Bertz CT molecular complexity index is 433. The number of hydrogen-bond acceptors (Lipinski definition) is 4. The first-order valence-corrected chi connectivity index (χ1v) is 6.00. The van der Waals surface area contributed by atoms with Crippen molar-refractivity contribution in [2.75, 3.05) is 13.4 Å². The number of benzene rings is 1. The molecule has 2 rings (SSSR count). The summed E-state index contributed by atoms with van der Waals surface area (Å²) in [7, 11) is 0. The van der Waals surface area contributed by atoms with Crippen LogP contribution in [-0.4, -0.2) is 24.4 Å². The monoisotopic (exact) mass is 251 g/mol. The predicted octanol–water partition coefficient (Wildman–Crippen LogP) is 1.36. The first-order chi connectivity index (χ1) is 8.70. The van der Waals surface area contributed by atoms with Crippen LogP contribution in [0.25, 0.3) is 0 Å². The van der Waals surface area contributed by atoms with E-state index in [1.54, 1.807) is 0 Å². The van der Waals surface area contributed by atoms with Crippen molar-refractivity contribution in [3.8, 4) is 11.5 Å². The van der Waals surface area contributed by atoms with Crippen molar-refractivity contribution in [2.24, 2.45) is 0 Å². The van der Waals surface area contributed by atoms with E-state index < -0.39 is 0 Å². The zero-order chi connectivity index (χ0) is 13.0. The quantitative estimate of drug-likeness (QED) is 0.829. The molecule has 1 heterocycles. The molecule has 0 radical (unpaired) electrons. The molecule has 5 heteroatoms. The lowest BCUT2D eigenvalue weighted by Gasteiger charge is -2.14. The second-order valence-corrected chi connectivity index (χ2v) is 4.23. The van der Waals surface area contributed by atoms with Crippen LogP contribution in [0, 0.1) is 0 Å². The lowest BCUT2D eigenvalue weighted by Crippen LogP contribution is -2.26. The standard InChI is InChI=1S/C13H17NO4/c1-9(14-13(16)3-2-6-15)10-4-5-11-12(7-10)18-8-17-11/h4-5,7,9,15H,2-3,6,8H2,1H3,(H,14,16). The molecule has 0 aliphatic carbocycles. The summed E-state index contributed by atoms with van der Waals surface area (Å²) in [4.78, 5) is 11.5. The Balaban J connectivity index is 1.96. The van der Waals surface area contributed by atoms with Gasteiger partial charge in [0.2, 0.25) is 12.7 Å². The van der Waals surface area contributed by atoms with Crippen molar-refractivity contribution in [2.45, 2.75) is 25.8 Å². The van der Waals surface area contributed by atoms with Gasteiger partial charge < -0.3 is 19.9 Å². The van der Waals surface area contributed by atoms with Crippen LogP contribution in [0.2, 0.25) is 0 Å². The van der Waals surface area contributed by atoms with Gasteiger partial charge in [-0.05, 0) is 31.0 Å². The van der Waals surface area contributed by atoms with Crippen LogP contribution in [0.3, 0.4) is 0 Å². The minimum atomic E-state index is -0.0920. The van der Waals surface area contributed by atoms with Gasteiger partial charge in [0.15, 0.2) is 11.5 Å². The Morgan fingerprint density at radius 1 is 1.44 bits per heavy atom. The van der Waals surface area contributed by atoms with E-state index in [-0.39, 0.29) is 25.3 Å². The first kappa shape index (κ1) is 12.7. The fraction of sp³-hybridized carbons (Fsp3) is 0.462.